The number of methoxy groups -OCH3 is 1. The van der Waals surface area contributed by atoms with E-state index in [2.05, 4.69) is 10.1 Å². The van der Waals surface area contributed by atoms with Crippen molar-refractivity contribution in [2.45, 2.75) is 38.3 Å². The Morgan fingerprint density at radius 1 is 1.00 bits per heavy atom. The molecule has 0 aliphatic heterocycles. The summed E-state index contributed by atoms with van der Waals surface area (Å²) in [6.07, 6.45) is 2.92. The van der Waals surface area contributed by atoms with E-state index in [1.807, 2.05) is 13.8 Å². The van der Waals surface area contributed by atoms with Crippen LogP contribution in [0, 0.1) is 19.8 Å². The van der Waals surface area contributed by atoms with Gasteiger partial charge in [0.15, 0.2) is 9.84 Å². The molecule has 0 aliphatic rings. The first-order chi connectivity index (χ1) is 19.9. The van der Waals surface area contributed by atoms with Gasteiger partial charge in [-0.3, -0.25) is 0 Å². The number of hydrogen-bond donors (Lipinski definition) is 0. The molecule has 0 aliphatic carbocycles. The Morgan fingerprint density at radius 2 is 1.76 bits per heavy atom. The van der Waals surface area contributed by atoms with Crippen molar-refractivity contribution in [1.82, 2.24) is 10.1 Å². The molecular weight excluding hydrogens is 582 g/mol. The Balaban J connectivity index is 1.86. The summed E-state index contributed by atoms with van der Waals surface area (Å²) >= 11 is 0. The molecule has 0 saturated heterocycles. The number of sulfone groups is 1. The molecule has 0 fully saturated rings. The average molecular weight is 618 g/mol. The minimum absolute atomic E-state index is 0.0215. The van der Waals surface area contributed by atoms with E-state index < -0.39 is 19.9 Å². The fourth-order valence-corrected chi connectivity index (χ4v) is 7.87. The fraction of sp³-hybridized carbons (Fsp3) is 0.379. The summed E-state index contributed by atoms with van der Waals surface area (Å²) in [5.41, 5.74) is 2.84. The molecule has 0 spiro atoms. The van der Waals surface area contributed by atoms with Gasteiger partial charge < -0.3 is 18.4 Å². The number of ether oxygens (including phenoxy) is 2. The third kappa shape index (κ3) is 7.09. The van der Waals surface area contributed by atoms with Gasteiger partial charge in [0, 0.05) is 23.8 Å². The first-order valence-electron chi connectivity index (χ1n) is 13.3. The SMILES string of the molecule is COCCOCN(c1onc(C)c1C)S(=O)(=O)c1ccccc1-c1ccc(-c2ncco2)cc1CS(=O)(=O)CC(C)C. The molecule has 13 heteroatoms. The summed E-state index contributed by atoms with van der Waals surface area (Å²) in [5, 5.41) is 3.94. The van der Waals surface area contributed by atoms with Gasteiger partial charge in [0.2, 0.25) is 11.8 Å². The molecule has 2 heterocycles. The predicted octanol–water partition coefficient (Wildman–Crippen LogP) is 5.00. The summed E-state index contributed by atoms with van der Waals surface area (Å²) in [6.45, 7) is 7.16. The second kappa shape index (κ2) is 13.2. The molecule has 0 bridgehead atoms. The molecule has 0 N–H and O–H groups in total. The zero-order valence-corrected chi connectivity index (χ0v) is 25.9. The Labute approximate surface area is 246 Å². The third-order valence-electron chi connectivity index (χ3n) is 6.49. The highest BCUT2D eigenvalue weighted by molar-refractivity contribution is 7.93. The zero-order chi connectivity index (χ0) is 30.5. The van der Waals surface area contributed by atoms with E-state index in [-0.39, 0.29) is 48.1 Å². The lowest BCUT2D eigenvalue weighted by Gasteiger charge is -2.24. The Bertz CT molecular complexity index is 1710. The quantitative estimate of drug-likeness (QED) is 0.140. The number of aromatic nitrogens is 2. The summed E-state index contributed by atoms with van der Waals surface area (Å²) in [4.78, 5) is 4.13. The number of hydrogen-bond acceptors (Lipinski definition) is 10. The molecular formula is C29H35N3O8S2. The van der Waals surface area contributed by atoms with Crippen LogP contribution in [0.15, 0.2) is 68.8 Å². The van der Waals surface area contributed by atoms with Crippen LogP contribution in [0.4, 0.5) is 5.88 Å². The summed E-state index contributed by atoms with van der Waals surface area (Å²) in [5.74, 6) is -0.0551. The molecule has 42 heavy (non-hydrogen) atoms. The number of anilines is 1. The molecule has 2 aromatic carbocycles. The molecule has 11 nitrogen and oxygen atoms in total. The van der Waals surface area contributed by atoms with Crippen LogP contribution in [0.25, 0.3) is 22.6 Å². The fourth-order valence-electron chi connectivity index (χ4n) is 4.47. The van der Waals surface area contributed by atoms with E-state index in [9.17, 15) is 16.8 Å². The van der Waals surface area contributed by atoms with Gasteiger partial charge in [-0.05, 0) is 49.1 Å². The van der Waals surface area contributed by atoms with Gasteiger partial charge in [0.05, 0.1) is 41.5 Å². The van der Waals surface area contributed by atoms with Gasteiger partial charge in [0.1, 0.15) is 13.0 Å². The van der Waals surface area contributed by atoms with Crippen LogP contribution in [-0.4, -0.2) is 59.8 Å². The van der Waals surface area contributed by atoms with Crippen molar-refractivity contribution in [3.05, 3.63) is 71.7 Å². The maximum Gasteiger partial charge on any atom is 0.269 e. The van der Waals surface area contributed by atoms with Crippen molar-refractivity contribution < 1.29 is 35.2 Å². The second-order valence-corrected chi connectivity index (χ2v) is 14.2. The van der Waals surface area contributed by atoms with Crippen molar-refractivity contribution in [3.63, 3.8) is 0 Å². The van der Waals surface area contributed by atoms with Crippen LogP contribution in [0.3, 0.4) is 0 Å². The highest BCUT2D eigenvalue weighted by Crippen LogP contribution is 2.37. The molecule has 0 unspecified atom stereocenters. The molecule has 0 atom stereocenters. The lowest BCUT2D eigenvalue weighted by Crippen LogP contribution is -2.34. The van der Waals surface area contributed by atoms with Crippen molar-refractivity contribution in [2.24, 2.45) is 5.92 Å². The van der Waals surface area contributed by atoms with Gasteiger partial charge in [-0.1, -0.05) is 43.3 Å². The van der Waals surface area contributed by atoms with Gasteiger partial charge in [0.25, 0.3) is 10.0 Å². The molecule has 2 aromatic heterocycles. The predicted molar refractivity (Wildman–Crippen MR) is 158 cm³/mol. The van der Waals surface area contributed by atoms with Crippen LogP contribution in [-0.2, 0) is 35.1 Å². The van der Waals surface area contributed by atoms with Crippen LogP contribution < -0.4 is 4.31 Å². The number of nitrogens with zero attached hydrogens (tertiary/aromatic N) is 3. The van der Waals surface area contributed by atoms with Crippen molar-refractivity contribution >= 4 is 25.7 Å². The van der Waals surface area contributed by atoms with Gasteiger partial charge in [-0.2, -0.15) is 0 Å². The Morgan fingerprint density at radius 3 is 2.40 bits per heavy atom. The van der Waals surface area contributed by atoms with E-state index in [1.54, 1.807) is 50.2 Å². The van der Waals surface area contributed by atoms with Gasteiger partial charge in [-0.25, -0.2) is 26.1 Å². The minimum atomic E-state index is -4.31. The Hall–Kier alpha value is -3.52. The van der Waals surface area contributed by atoms with Crippen molar-refractivity contribution in [2.75, 3.05) is 37.1 Å². The van der Waals surface area contributed by atoms with E-state index in [4.69, 9.17) is 18.4 Å². The van der Waals surface area contributed by atoms with Crippen LogP contribution >= 0.6 is 0 Å². The third-order valence-corrected chi connectivity index (χ3v) is 10.2. The van der Waals surface area contributed by atoms with Gasteiger partial charge >= 0.3 is 0 Å². The second-order valence-electron chi connectivity index (χ2n) is 10.2. The van der Waals surface area contributed by atoms with E-state index >= 15 is 0 Å². The highest BCUT2D eigenvalue weighted by atomic mass is 32.2. The highest BCUT2D eigenvalue weighted by Gasteiger charge is 2.33. The smallest absolute Gasteiger partial charge is 0.269 e. The van der Waals surface area contributed by atoms with Crippen LogP contribution in [0.5, 0.6) is 0 Å². The standard InChI is InChI=1S/C29H35N3O8S2/c1-20(2)17-41(33,34)18-24-16-23(28-30-12-13-39-28)10-11-25(24)26-8-6-7-9-27(26)42(35,36)32(19-38-15-14-37-5)29-21(3)22(4)31-40-29/h6-13,16,20H,14-15,17-19H2,1-5H3. The molecule has 0 saturated carbocycles. The number of rotatable bonds is 14. The number of benzene rings is 2. The normalized spacial score (nSPS) is 12.2. The minimum Gasteiger partial charge on any atom is -0.445 e. The van der Waals surface area contributed by atoms with Crippen molar-refractivity contribution in [3.8, 4) is 22.6 Å². The van der Waals surface area contributed by atoms with E-state index in [0.29, 0.717) is 39.4 Å². The van der Waals surface area contributed by atoms with E-state index in [0.717, 1.165) is 4.31 Å². The van der Waals surface area contributed by atoms with Crippen LogP contribution in [0.2, 0.25) is 0 Å². The molecule has 4 aromatic rings. The molecule has 226 valence electrons. The zero-order valence-electron chi connectivity index (χ0n) is 24.2. The van der Waals surface area contributed by atoms with Crippen molar-refractivity contribution in [1.29, 1.82) is 0 Å². The lowest BCUT2D eigenvalue weighted by atomic mass is 9.98. The maximum atomic E-state index is 14.3. The van der Waals surface area contributed by atoms with E-state index in [1.165, 1.54) is 25.6 Å². The topological polar surface area (TPSA) is 142 Å². The molecule has 0 amide bonds. The average Bonchev–Trinajstić information content (AvgIpc) is 3.58. The summed E-state index contributed by atoms with van der Waals surface area (Å²) in [6, 6.07) is 11.5. The molecule has 4 rings (SSSR count). The number of sulfonamides is 1. The molecule has 0 radical (unpaired) electrons. The first kappa shape index (κ1) is 31.4. The number of aryl methyl sites for hydroxylation is 1. The first-order valence-corrected chi connectivity index (χ1v) is 16.6. The lowest BCUT2D eigenvalue weighted by molar-refractivity contribution is 0.0744. The summed E-state index contributed by atoms with van der Waals surface area (Å²) in [7, 11) is -6.33. The maximum absolute atomic E-state index is 14.3. The monoisotopic (exact) mass is 617 g/mol. The van der Waals surface area contributed by atoms with Gasteiger partial charge in [-0.15, -0.1) is 0 Å². The summed E-state index contributed by atoms with van der Waals surface area (Å²) < 4.78 is 77.6. The van der Waals surface area contributed by atoms with Crippen LogP contribution in [0.1, 0.15) is 30.7 Å². The Kier molecular flexibility index (Phi) is 9.87. The number of oxazole rings is 1. The largest absolute Gasteiger partial charge is 0.445 e.